The molecule has 3 rings (SSSR count). The molecule has 0 unspecified atom stereocenters. The van der Waals surface area contributed by atoms with Gasteiger partial charge in [-0.15, -0.1) is 0 Å². The number of phenols is 3. The molecular weight excluding hydrogens is 316 g/mol. The summed E-state index contributed by atoms with van der Waals surface area (Å²) < 4.78 is 15.7. The second kappa shape index (κ2) is 5.69. The van der Waals surface area contributed by atoms with Crippen LogP contribution >= 0.6 is 0 Å². The molecule has 0 spiro atoms. The summed E-state index contributed by atoms with van der Waals surface area (Å²) in [4.78, 5) is 12.8. The lowest BCUT2D eigenvalue weighted by atomic mass is 10.0. The average molecular weight is 330 g/mol. The molecule has 0 amide bonds. The topological polar surface area (TPSA) is 109 Å². The number of benzene rings is 2. The second-order valence-corrected chi connectivity index (χ2v) is 5.02. The maximum absolute atomic E-state index is 12.8. The summed E-state index contributed by atoms with van der Waals surface area (Å²) in [5, 5.41) is 29.2. The average Bonchev–Trinajstić information content (AvgIpc) is 2.54. The second-order valence-electron chi connectivity index (χ2n) is 5.02. The van der Waals surface area contributed by atoms with E-state index >= 15 is 0 Å². The molecule has 124 valence electrons. The van der Waals surface area contributed by atoms with E-state index in [1.165, 1.54) is 38.7 Å². The third kappa shape index (κ3) is 2.26. The van der Waals surface area contributed by atoms with Gasteiger partial charge < -0.3 is 29.2 Å². The molecule has 0 aliphatic rings. The van der Waals surface area contributed by atoms with Crippen LogP contribution in [0.2, 0.25) is 0 Å². The van der Waals surface area contributed by atoms with Crippen molar-refractivity contribution < 1.29 is 29.2 Å². The number of methoxy groups -OCH3 is 2. The van der Waals surface area contributed by atoms with Crippen molar-refractivity contribution in [2.75, 3.05) is 14.2 Å². The number of ether oxygens (including phenoxy) is 2. The van der Waals surface area contributed by atoms with Gasteiger partial charge in [-0.05, 0) is 12.1 Å². The van der Waals surface area contributed by atoms with Crippen LogP contribution in [0.1, 0.15) is 0 Å². The van der Waals surface area contributed by atoms with Gasteiger partial charge in [-0.25, -0.2) is 0 Å². The minimum atomic E-state index is -0.514. The fourth-order valence-electron chi connectivity index (χ4n) is 2.57. The Labute approximate surface area is 135 Å². The summed E-state index contributed by atoms with van der Waals surface area (Å²) in [6.07, 6.45) is 1.19. The van der Waals surface area contributed by atoms with Gasteiger partial charge in [0.2, 0.25) is 11.2 Å². The molecule has 7 nitrogen and oxygen atoms in total. The molecule has 3 N–H and O–H groups in total. The minimum absolute atomic E-state index is 0.0472. The number of aromatic hydroxyl groups is 3. The van der Waals surface area contributed by atoms with E-state index in [-0.39, 0.29) is 39.5 Å². The van der Waals surface area contributed by atoms with Gasteiger partial charge in [0.25, 0.3) is 0 Å². The van der Waals surface area contributed by atoms with Gasteiger partial charge in [0.1, 0.15) is 28.7 Å². The van der Waals surface area contributed by atoms with Crippen molar-refractivity contribution in [3.8, 4) is 39.9 Å². The molecule has 0 bridgehead atoms. The smallest absolute Gasteiger partial charge is 0.204 e. The molecule has 7 heteroatoms. The Kier molecular flexibility index (Phi) is 3.69. The predicted molar refractivity (Wildman–Crippen MR) is 86.0 cm³/mol. The monoisotopic (exact) mass is 330 g/mol. The van der Waals surface area contributed by atoms with E-state index in [4.69, 9.17) is 13.9 Å². The lowest BCUT2D eigenvalue weighted by molar-refractivity contribution is 0.334. The van der Waals surface area contributed by atoms with Crippen molar-refractivity contribution in [1.82, 2.24) is 0 Å². The van der Waals surface area contributed by atoms with Crippen LogP contribution < -0.4 is 14.9 Å². The molecule has 2 aromatic carbocycles. The van der Waals surface area contributed by atoms with Crippen LogP contribution in [0, 0.1) is 0 Å². The highest BCUT2D eigenvalue weighted by molar-refractivity contribution is 5.89. The lowest BCUT2D eigenvalue weighted by Crippen LogP contribution is -2.06. The van der Waals surface area contributed by atoms with Gasteiger partial charge in [0, 0.05) is 17.7 Å². The first-order valence-electron chi connectivity index (χ1n) is 6.89. The van der Waals surface area contributed by atoms with E-state index in [0.29, 0.717) is 5.56 Å². The van der Waals surface area contributed by atoms with E-state index < -0.39 is 11.2 Å². The third-order valence-electron chi connectivity index (χ3n) is 3.63. The largest absolute Gasteiger partial charge is 0.508 e. The number of hydrogen-bond donors (Lipinski definition) is 3. The molecule has 0 aliphatic heterocycles. The van der Waals surface area contributed by atoms with Gasteiger partial charge in [0.05, 0.1) is 19.8 Å². The summed E-state index contributed by atoms with van der Waals surface area (Å²) in [5.41, 5.74) is -0.0281. The zero-order chi connectivity index (χ0) is 17.4. The molecule has 0 saturated carbocycles. The molecular formula is C17H14O7. The summed E-state index contributed by atoms with van der Waals surface area (Å²) >= 11 is 0. The van der Waals surface area contributed by atoms with Crippen LogP contribution in [0.5, 0.6) is 28.7 Å². The molecule has 0 radical (unpaired) electrons. The molecule has 0 saturated heterocycles. The highest BCUT2D eigenvalue weighted by Gasteiger charge is 2.20. The van der Waals surface area contributed by atoms with Gasteiger partial charge >= 0.3 is 0 Å². The van der Waals surface area contributed by atoms with Crippen molar-refractivity contribution >= 4 is 11.0 Å². The zero-order valence-corrected chi connectivity index (χ0v) is 12.9. The summed E-state index contributed by atoms with van der Waals surface area (Å²) in [7, 11) is 2.73. The predicted octanol–water partition coefficient (Wildman–Crippen LogP) is 2.59. The maximum atomic E-state index is 12.8. The van der Waals surface area contributed by atoms with Crippen LogP contribution in [-0.4, -0.2) is 29.5 Å². The zero-order valence-electron chi connectivity index (χ0n) is 12.9. The van der Waals surface area contributed by atoms with E-state index in [2.05, 4.69) is 0 Å². The van der Waals surface area contributed by atoms with Gasteiger partial charge in [-0.2, -0.15) is 0 Å². The van der Waals surface area contributed by atoms with Crippen LogP contribution in [0.25, 0.3) is 22.1 Å². The summed E-state index contributed by atoms with van der Waals surface area (Å²) in [6.45, 7) is 0. The van der Waals surface area contributed by atoms with E-state index in [1.807, 2.05) is 0 Å². The first kappa shape index (κ1) is 15.5. The van der Waals surface area contributed by atoms with Crippen molar-refractivity contribution in [3.05, 3.63) is 40.8 Å². The van der Waals surface area contributed by atoms with Crippen molar-refractivity contribution in [2.24, 2.45) is 0 Å². The highest BCUT2D eigenvalue weighted by Crippen LogP contribution is 2.43. The van der Waals surface area contributed by atoms with Crippen molar-refractivity contribution in [2.45, 2.75) is 0 Å². The number of rotatable bonds is 3. The lowest BCUT2D eigenvalue weighted by Gasteiger charge is -2.14. The van der Waals surface area contributed by atoms with Crippen molar-refractivity contribution in [1.29, 1.82) is 0 Å². The fraction of sp³-hybridized carbons (Fsp3) is 0.118. The number of hydrogen-bond acceptors (Lipinski definition) is 7. The molecule has 3 aromatic rings. The fourth-order valence-corrected chi connectivity index (χ4v) is 2.57. The first-order chi connectivity index (χ1) is 11.5. The maximum Gasteiger partial charge on any atom is 0.204 e. The molecule has 1 heterocycles. The summed E-state index contributed by atoms with van der Waals surface area (Å²) in [6, 6.07) is 5.12. The number of fused-ring (bicyclic) bond motifs is 1. The third-order valence-corrected chi connectivity index (χ3v) is 3.63. The standard InChI is InChI=1S/C17H14O7/c1-22-16-9(3-4-11(19)17(16)23-2)10-7-24-13-6-8(18)5-12(20)14(13)15(10)21/h3-7,18-20H,1-2H3. The Morgan fingerprint density at radius 2 is 1.62 bits per heavy atom. The molecule has 1 aromatic heterocycles. The van der Waals surface area contributed by atoms with Crippen molar-refractivity contribution in [3.63, 3.8) is 0 Å². The quantitative estimate of drug-likeness (QED) is 0.677. The molecule has 24 heavy (non-hydrogen) atoms. The van der Waals surface area contributed by atoms with E-state index in [0.717, 1.165) is 6.07 Å². The Bertz CT molecular complexity index is 988. The summed E-state index contributed by atoms with van der Waals surface area (Å²) in [5.74, 6) is -0.534. The van der Waals surface area contributed by atoms with Crippen LogP contribution in [-0.2, 0) is 0 Å². The number of phenolic OH excluding ortho intramolecular Hbond substituents is 3. The highest BCUT2D eigenvalue weighted by atomic mass is 16.5. The molecule has 0 fully saturated rings. The Balaban J connectivity index is 2.36. The van der Waals surface area contributed by atoms with Gasteiger partial charge in [-0.3, -0.25) is 4.79 Å². The van der Waals surface area contributed by atoms with Crippen LogP contribution in [0.3, 0.4) is 0 Å². The van der Waals surface area contributed by atoms with E-state index in [1.54, 1.807) is 0 Å². The van der Waals surface area contributed by atoms with Gasteiger partial charge in [-0.1, -0.05) is 0 Å². The Morgan fingerprint density at radius 1 is 0.917 bits per heavy atom. The minimum Gasteiger partial charge on any atom is -0.508 e. The Morgan fingerprint density at radius 3 is 2.29 bits per heavy atom. The Hall–Kier alpha value is -3.35. The van der Waals surface area contributed by atoms with Gasteiger partial charge in [0.15, 0.2) is 11.5 Å². The first-order valence-corrected chi connectivity index (χ1v) is 6.89. The molecule has 0 aliphatic carbocycles. The van der Waals surface area contributed by atoms with Crippen LogP contribution in [0.4, 0.5) is 0 Å². The SMILES string of the molecule is COc1c(O)ccc(-c2coc3cc(O)cc(O)c3c2=O)c1OC. The normalized spacial score (nSPS) is 10.8. The van der Waals surface area contributed by atoms with E-state index in [9.17, 15) is 20.1 Å². The van der Waals surface area contributed by atoms with Crippen LogP contribution in [0.15, 0.2) is 39.7 Å². The molecule has 0 atom stereocenters.